The van der Waals surface area contributed by atoms with Gasteiger partial charge in [0, 0.05) is 18.5 Å². The average Bonchev–Trinajstić information content (AvgIpc) is 2.69. The van der Waals surface area contributed by atoms with E-state index in [-0.39, 0.29) is 31.1 Å². The Hall–Kier alpha value is -2.95. The molecule has 0 saturated heterocycles. The van der Waals surface area contributed by atoms with Crippen molar-refractivity contribution in [2.45, 2.75) is 26.2 Å². The second-order valence-corrected chi connectivity index (χ2v) is 5.88. The molecule has 26 heavy (non-hydrogen) atoms. The van der Waals surface area contributed by atoms with Gasteiger partial charge in [-0.1, -0.05) is 61.5 Å². The molecule has 0 radical (unpaired) electrons. The summed E-state index contributed by atoms with van der Waals surface area (Å²) >= 11 is 0. The van der Waals surface area contributed by atoms with E-state index in [1.54, 1.807) is 12.1 Å². The monoisotopic (exact) mass is 353 g/mol. The molecule has 5 heteroatoms. The molecular weight excluding hydrogens is 330 g/mol. The van der Waals surface area contributed by atoms with Crippen LogP contribution in [0.1, 0.15) is 36.5 Å². The van der Waals surface area contributed by atoms with Crippen molar-refractivity contribution in [1.82, 2.24) is 5.32 Å². The minimum atomic E-state index is -0.550. The van der Waals surface area contributed by atoms with E-state index in [1.165, 1.54) is 0 Å². The molecule has 2 aromatic carbocycles. The van der Waals surface area contributed by atoms with Gasteiger partial charge in [0.25, 0.3) is 5.91 Å². The Balaban J connectivity index is 1.79. The third-order valence-electron chi connectivity index (χ3n) is 3.81. The maximum atomic E-state index is 12.2. The number of rotatable bonds is 9. The van der Waals surface area contributed by atoms with E-state index in [0.717, 1.165) is 17.5 Å². The number of carbonyl (C=O) groups excluding carboxylic acids is 3. The number of Topliss-reactive ketones (excluding diaryl/α,β-unsaturated/α-hetero) is 1. The Kier molecular flexibility index (Phi) is 7.55. The Bertz CT molecular complexity index is 738. The highest BCUT2D eigenvalue weighted by Gasteiger charge is 2.12. The molecule has 1 N–H and O–H groups in total. The van der Waals surface area contributed by atoms with Gasteiger partial charge in [0.1, 0.15) is 0 Å². The van der Waals surface area contributed by atoms with E-state index in [1.807, 2.05) is 49.4 Å². The summed E-state index contributed by atoms with van der Waals surface area (Å²) in [5.74, 6) is -1.01. The van der Waals surface area contributed by atoms with Crippen molar-refractivity contribution in [2.75, 3.05) is 13.2 Å². The highest BCUT2D eigenvalue weighted by atomic mass is 16.5. The lowest BCUT2D eigenvalue weighted by molar-refractivity contribution is -0.148. The number of hydrogen-bond acceptors (Lipinski definition) is 4. The highest BCUT2D eigenvalue weighted by molar-refractivity contribution is 5.98. The minimum absolute atomic E-state index is 0.0413. The minimum Gasteiger partial charge on any atom is -0.456 e. The van der Waals surface area contributed by atoms with Crippen LogP contribution in [-0.2, 0) is 14.3 Å². The number of esters is 1. The van der Waals surface area contributed by atoms with Gasteiger partial charge >= 0.3 is 5.97 Å². The van der Waals surface area contributed by atoms with E-state index in [2.05, 4.69) is 5.32 Å². The lowest BCUT2D eigenvalue weighted by atomic mass is 10.0. The van der Waals surface area contributed by atoms with Crippen molar-refractivity contribution < 1.29 is 19.1 Å². The maximum Gasteiger partial charge on any atom is 0.306 e. The molecule has 0 aliphatic carbocycles. The van der Waals surface area contributed by atoms with Crippen LogP contribution in [0.15, 0.2) is 54.6 Å². The summed E-state index contributed by atoms with van der Waals surface area (Å²) in [5.41, 5.74) is 2.66. The number of hydrogen-bond donors (Lipinski definition) is 1. The van der Waals surface area contributed by atoms with Crippen LogP contribution in [0.4, 0.5) is 0 Å². The number of amides is 1. The van der Waals surface area contributed by atoms with Crippen LogP contribution in [0.2, 0.25) is 0 Å². The Morgan fingerprint density at radius 1 is 0.885 bits per heavy atom. The summed E-state index contributed by atoms with van der Waals surface area (Å²) in [6.07, 6.45) is 0.831. The summed E-state index contributed by atoms with van der Waals surface area (Å²) < 4.78 is 4.86. The molecule has 2 aromatic rings. The van der Waals surface area contributed by atoms with Gasteiger partial charge in [-0.2, -0.15) is 0 Å². The molecule has 5 nitrogen and oxygen atoms in total. The van der Waals surface area contributed by atoms with Gasteiger partial charge in [-0.05, 0) is 17.5 Å². The smallest absolute Gasteiger partial charge is 0.306 e. The van der Waals surface area contributed by atoms with Crippen molar-refractivity contribution in [3.8, 4) is 11.1 Å². The molecule has 0 aromatic heterocycles. The van der Waals surface area contributed by atoms with Crippen LogP contribution in [0.25, 0.3) is 11.1 Å². The molecule has 0 saturated carbocycles. The molecule has 0 spiro atoms. The van der Waals surface area contributed by atoms with Gasteiger partial charge in [-0.25, -0.2) is 0 Å². The second-order valence-electron chi connectivity index (χ2n) is 5.88. The molecule has 136 valence electrons. The lowest BCUT2D eigenvalue weighted by Gasteiger charge is -2.06. The number of ketones is 1. The lowest BCUT2D eigenvalue weighted by Crippen LogP contribution is -2.29. The maximum absolute atomic E-state index is 12.2. The van der Waals surface area contributed by atoms with Gasteiger partial charge in [0.15, 0.2) is 12.4 Å². The van der Waals surface area contributed by atoms with Gasteiger partial charge in [0.05, 0.1) is 6.42 Å². The van der Waals surface area contributed by atoms with Crippen molar-refractivity contribution >= 4 is 17.7 Å². The molecule has 2 rings (SSSR count). The zero-order chi connectivity index (χ0) is 18.8. The number of carbonyl (C=O) groups is 3. The average molecular weight is 353 g/mol. The predicted molar refractivity (Wildman–Crippen MR) is 99.7 cm³/mol. The van der Waals surface area contributed by atoms with Crippen LogP contribution in [0.5, 0.6) is 0 Å². The van der Waals surface area contributed by atoms with Gasteiger partial charge in [-0.15, -0.1) is 0 Å². The van der Waals surface area contributed by atoms with Crippen LogP contribution < -0.4 is 5.32 Å². The summed E-state index contributed by atoms with van der Waals surface area (Å²) in [5, 5.41) is 2.61. The standard InChI is InChI=1S/C21H23NO4/c1-2-14-22-20(24)15-26-21(25)13-12-19(23)18-10-8-17(9-11-18)16-6-4-3-5-7-16/h3-11H,2,12-15H2,1H3,(H,22,24). The first kappa shape index (κ1) is 19.4. The Morgan fingerprint density at radius 3 is 2.19 bits per heavy atom. The zero-order valence-corrected chi connectivity index (χ0v) is 14.9. The van der Waals surface area contributed by atoms with Crippen LogP contribution in [0, 0.1) is 0 Å². The topological polar surface area (TPSA) is 72.5 Å². The normalized spacial score (nSPS) is 10.2. The fraction of sp³-hybridized carbons (Fsp3) is 0.286. The summed E-state index contributed by atoms with van der Waals surface area (Å²) in [4.78, 5) is 35.2. The quantitative estimate of drug-likeness (QED) is 0.554. The van der Waals surface area contributed by atoms with Crippen LogP contribution in [-0.4, -0.2) is 30.8 Å². The first-order chi connectivity index (χ1) is 12.6. The first-order valence-corrected chi connectivity index (χ1v) is 8.71. The second kappa shape index (κ2) is 10.1. The van der Waals surface area contributed by atoms with E-state index in [4.69, 9.17) is 4.74 Å². The van der Waals surface area contributed by atoms with E-state index in [9.17, 15) is 14.4 Å². The third-order valence-corrected chi connectivity index (χ3v) is 3.81. The SMILES string of the molecule is CCCNC(=O)COC(=O)CCC(=O)c1ccc(-c2ccccc2)cc1. The summed E-state index contributed by atoms with van der Waals surface area (Å²) in [6.45, 7) is 2.18. The van der Waals surface area contributed by atoms with E-state index < -0.39 is 5.97 Å². The van der Waals surface area contributed by atoms with E-state index >= 15 is 0 Å². The zero-order valence-electron chi connectivity index (χ0n) is 14.9. The molecule has 0 bridgehead atoms. The van der Waals surface area contributed by atoms with E-state index in [0.29, 0.717) is 12.1 Å². The largest absolute Gasteiger partial charge is 0.456 e. The summed E-state index contributed by atoms with van der Waals surface area (Å²) in [7, 11) is 0. The molecule has 1 amide bonds. The van der Waals surface area contributed by atoms with Crippen LogP contribution >= 0.6 is 0 Å². The number of ether oxygens (including phenoxy) is 1. The molecule has 0 aliphatic rings. The highest BCUT2D eigenvalue weighted by Crippen LogP contribution is 2.19. The molecule has 0 unspecified atom stereocenters. The fourth-order valence-electron chi connectivity index (χ4n) is 2.37. The summed E-state index contributed by atoms with van der Waals surface area (Å²) in [6, 6.07) is 17.2. The van der Waals surface area contributed by atoms with Gasteiger partial charge in [-0.3, -0.25) is 14.4 Å². The van der Waals surface area contributed by atoms with Crippen molar-refractivity contribution in [2.24, 2.45) is 0 Å². The fourth-order valence-corrected chi connectivity index (χ4v) is 2.37. The van der Waals surface area contributed by atoms with Gasteiger partial charge in [0.2, 0.25) is 0 Å². The van der Waals surface area contributed by atoms with Crippen LogP contribution in [0.3, 0.4) is 0 Å². The molecule has 0 aliphatic heterocycles. The Morgan fingerprint density at radius 2 is 1.54 bits per heavy atom. The number of benzene rings is 2. The first-order valence-electron chi connectivity index (χ1n) is 8.71. The molecule has 0 heterocycles. The Labute approximate surface area is 153 Å². The van der Waals surface area contributed by atoms with Crippen molar-refractivity contribution in [3.05, 3.63) is 60.2 Å². The molecule has 0 atom stereocenters. The van der Waals surface area contributed by atoms with Gasteiger partial charge < -0.3 is 10.1 Å². The molecule has 0 fully saturated rings. The van der Waals surface area contributed by atoms with Crippen molar-refractivity contribution in [3.63, 3.8) is 0 Å². The third kappa shape index (κ3) is 6.16. The molecular formula is C21H23NO4. The van der Waals surface area contributed by atoms with Crippen molar-refractivity contribution in [1.29, 1.82) is 0 Å². The number of nitrogens with one attached hydrogen (secondary N) is 1. The predicted octanol–water partition coefficient (Wildman–Crippen LogP) is 3.39.